The number of rotatable bonds is 4. The van der Waals surface area contributed by atoms with Crippen molar-refractivity contribution in [3.63, 3.8) is 0 Å². The SMILES string of the molecule is O=C(CN1CCCCC1C1CCCCN1)C1CCCCC1. The summed E-state index contributed by atoms with van der Waals surface area (Å²) in [6, 6.07) is 1.25. The highest BCUT2D eigenvalue weighted by Crippen LogP contribution is 2.27. The average molecular weight is 292 g/mol. The minimum Gasteiger partial charge on any atom is -0.312 e. The van der Waals surface area contributed by atoms with E-state index in [1.165, 1.54) is 64.3 Å². The molecule has 0 aromatic rings. The van der Waals surface area contributed by atoms with Crippen molar-refractivity contribution >= 4 is 5.78 Å². The molecular weight excluding hydrogens is 260 g/mol. The van der Waals surface area contributed by atoms with Gasteiger partial charge in [0.25, 0.3) is 0 Å². The number of hydrogen-bond donors (Lipinski definition) is 1. The van der Waals surface area contributed by atoms with Gasteiger partial charge in [-0.05, 0) is 51.6 Å². The lowest BCUT2D eigenvalue weighted by molar-refractivity contribution is -0.126. The van der Waals surface area contributed by atoms with Crippen LogP contribution in [0.1, 0.15) is 70.6 Å². The molecule has 1 N–H and O–H groups in total. The van der Waals surface area contributed by atoms with Crippen LogP contribution in [0.3, 0.4) is 0 Å². The number of ketones is 1. The maximum absolute atomic E-state index is 12.6. The standard InChI is InChI=1S/C18H32N2O/c21-18(15-8-2-1-3-9-15)14-20-13-7-5-11-17(20)16-10-4-6-12-19-16/h15-17,19H,1-14H2. The van der Waals surface area contributed by atoms with E-state index in [-0.39, 0.29) is 0 Å². The molecule has 1 aliphatic carbocycles. The van der Waals surface area contributed by atoms with Gasteiger partial charge in [0, 0.05) is 18.0 Å². The first-order valence-electron chi connectivity index (χ1n) is 9.35. The predicted octanol–water partition coefficient (Wildman–Crippen LogP) is 3.13. The van der Waals surface area contributed by atoms with Gasteiger partial charge in [-0.25, -0.2) is 0 Å². The number of Topliss-reactive ketones (excluding diaryl/α,β-unsaturated/α-hetero) is 1. The maximum atomic E-state index is 12.6. The summed E-state index contributed by atoms with van der Waals surface area (Å²) in [5.74, 6) is 0.915. The summed E-state index contributed by atoms with van der Waals surface area (Å²) < 4.78 is 0. The Morgan fingerprint density at radius 2 is 1.67 bits per heavy atom. The van der Waals surface area contributed by atoms with Crippen molar-refractivity contribution in [3.8, 4) is 0 Å². The van der Waals surface area contributed by atoms with E-state index < -0.39 is 0 Å². The fourth-order valence-corrected chi connectivity index (χ4v) is 4.63. The summed E-state index contributed by atoms with van der Waals surface area (Å²) in [6.45, 7) is 3.04. The molecule has 2 unspecified atom stereocenters. The van der Waals surface area contributed by atoms with Gasteiger partial charge in [-0.1, -0.05) is 32.1 Å². The van der Waals surface area contributed by atoms with E-state index in [0.717, 1.165) is 25.9 Å². The summed E-state index contributed by atoms with van der Waals surface area (Å²) in [4.78, 5) is 15.2. The maximum Gasteiger partial charge on any atom is 0.149 e. The molecule has 0 radical (unpaired) electrons. The zero-order chi connectivity index (χ0) is 14.5. The van der Waals surface area contributed by atoms with Crippen molar-refractivity contribution < 1.29 is 4.79 Å². The van der Waals surface area contributed by atoms with E-state index in [4.69, 9.17) is 0 Å². The Morgan fingerprint density at radius 1 is 0.905 bits per heavy atom. The van der Waals surface area contributed by atoms with Gasteiger partial charge in [0.15, 0.2) is 0 Å². The first-order chi connectivity index (χ1) is 10.3. The minimum atomic E-state index is 0.376. The number of nitrogens with zero attached hydrogens (tertiary/aromatic N) is 1. The molecule has 0 aromatic heterocycles. The molecule has 3 aliphatic rings. The van der Waals surface area contributed by atoms with Crippen LogP contribution < -0.4 is 5.32 Å². The van der Waals surface area contributed by atoms with Gasteiger partial charge in [0.2, 0.25) is 0 Å². The first kappa shape index (κ1) is 15.5. The van der Waals surface area contributed by atoms with Crippen LogP contribution in [-0.2, 0) is 4.79 Å². The molecule has 3 fully saturated rings. The van der Waals surface area contributed by atoms with Crippen molar-refractivity contribution in [1.29, 1.82) is 0 Å². The molecule has 3 rings (SSSR count). The van der Waals surface area contributed by atoms with Gasteiger partial charge in [-0.15, -0.1) is 0 Å². The third kappa shape index (κ3) is 4.07. The lowest BCUT2D eigenvalue weighted by Crippen LogP contribution is -2.55. The molecule has 3 nitrogen and oxygen atoms in total. The zero-order valence-electron chi connectivity index (χ0n) is 13.5. The topological polar surface area (TPSA) is 32.3 Å². The van der Waals surface area contributed by atoms with Crippen LogP contribution >= 0.6 is 0 Å². The van der Waals surface area contributed by atoms with Crippen LogP contribution in [0, 0.1) is 5.92 Å². The highest BCUT2D eigenvalue weighted by molar-refractivity contribution is 5.83. The summed E-state index contributed by atoms with van der Waals surface area (Å²) in [7, 11) is 0. The van der Waals surface area contributed by atoms with E-state index in [1.807, 2.05) is 0 Å². The molecule has 2 saturated heterocycles. The number of likely N-dealkylation sites (tertiary alicyclic amines) is 1. The van der Waals surface area contributed by atoms with Crippen molar-refractivity contribution in [3.05, 3.63) is 0 Å². The Hall–Kier alpha value is -0.410. The van der Waals surface area contributed by atoms with Gasteiger partial charge in [0.05, 0.1) is 6.54 Å². The Labute approximate surface area is 129 Å². The molecule has 2 aliphatic heterocycles. The third-order valence-electron chi connectivity index (χ3n) is 5.90. The number of carbonyl (C=O) groups excluding carboxylic acids is 1. The lowest BCUT2D eigenvalue weighted by Gasteiger charge is -2.42. The van der Waals surface area contributed by atoms with Gasteiger partial charge in [0.1, 0.15) is 5.78 Å². The second kappa shape index (κ2) is 7.73. The molecule has 0 aromatic carbocycles. The molecule has 2 atom stereocenters. The summed E-state index contributed by atoms with van der Waals surface area (Å²) in [5.41, 5.74) is 0. The van der Waals surface area contributed by atoms with Crippen molar-refractivity contribution in [2.24, 2.45) is 5.92 Å². The molecule has 2 heterocycles. The van der Waals surface area contributed by atoms with E-state index in [0.29, 0.717) is 23.8 Å². The van der Waals surface area contributed by atoms with Crippen LogP contribution in [0.25, 0.3) is 0 Å². The molecule has 120 valence electrons. The van der Waals surface area contributed by atoms with Crippen molar-refractivity contribution in [2.45, 2.75) is 82.7 Å². The second-order valence-corrected chi connectivity index (χ2v) is 7.39. The Kier molecular flexibility index (Phi) is 5.70. The lowest BCUT2D eigenvalue weighted by atomic mass is 9.85. The predicted molar refractivity (Wildman–Crippen MR) is 86.4 cm³/mol. The summed E-state index contributed by atoms with van der Waals surface area (Å²) >= 11 is 0. The second-order valence-electron chi connectivity index (χ2n) is 7.39. The Bertz CT molecular complexity index is 332. The largest absolute Gasteiger partial charge is 0.312 e. The van der Waals surface area contributed by atoms with Crippen LogP contribution in [-0.4, -0.2) is 42.4 Å². The molecular formula is C18H32N2O. The summed E-state index contributed by atoms with van der Waals surface area (Å²) in [6.07, 6.45) is 14.1. The third-order valence-corrected chi connectivity index (χ3v) is 5.90. The van der Waals surface area contributed by atoms with E-state index in [9.17, 15) is 4.79 Å². The average Bonchev–Trinajstić information content (AvgIpc) is 2.57. The van der Waals surface area contributed by atoms with Crippen LogP contribution in [0.5, 0.6) is 0 Å². The molecule has 3 heteroatoms. The van der Waals surface area contributed by atoms with E-state index in [2.05, 4.69) is 10.2 Å². The molecule has 0 bridgehead atoms. The smallest absolute Gasteiger partial charge is 0.149 e. The van der Waals surface area contributed by atoms with E-state index >= 15 is 0 Å². The highest BCUT2D eigenvalue weighted by Gasteiger charge is 2.33. The van der Waals surface area contributed by atoms with Crippen molar-refractivity contribution in [2.75, 3.05) is 19.6 Å². The van der Waals surface area contributed by atoms with Crippen molar-refractivity contribution in [1.82, 2.24) is 10.2 Å². The molecule has 1 saturated carbocycles. The number of piperidine rings is 2. The Morgan fingerprint density at radius 3 is 2.43 bits per heavy atom. The first-order valence-corrected chi connectivity index (χ1v) is 9.35. The Balaban J connectivity index is 1.56. The highest BCUT2D eigenvalue weighted by atomic mass is 16.1. The quantitative estimate of drug-likeness (QED) is 0.864. The zero-order valence-corrected chi connectivity index (χ0v) is 13.5. The molecule has 0 amide bonds. The van der Waals surface area contributed by atoms with Crippen LogP contribution in [0.4, 0.5) is 0 Å². The van der Waals surface area contributed by atoms with Gasteiger partial charge in [-0.3, -0.25) is 9.69 Å². The number of nitrogens with one attached hydrogen (secondary N) is 1. The van der Waals surface area contributed by atoms with Gasteiger partial charge < -0.3 is 5.32 Å². The normalized spacial score (nSPS) is 33.0. The van der Waals surface area contributed by atoms with Gasteiger partial charge in [-0.2, -0.15) is 0 Å². The van der Waals surface area contributed by atoms with E-state index in [1.54, 1.807) is 0 Å². The molecule has 0 spiro atoms. The monoisotopic (exact) mass is 292 g/mol. The fraction of sp³-hybridized carbons (Fsp3) is 0.944. The summed E-state index contributed by atoms with van der Waals surface area (Å²) in [5, 5.41) is 3.72. The number of carbonyl (C=O) groups is 1. The molecule has 21 heavy (non-hydrogen) atoms. The van der Waals surface area contributed by atoms with Crippen LogP contribution in [0.2, 0.25) is 0 Å². The van der Waals surface area contributed by atoms with Gasteiger partial charge >= 0.3 is 0 Å². The minimum absolute atomic E-state index is 0.376. The fourth-order valence-electron chi connectivity index (χ4n) is 4.63. The van der Waals surface area contributed by atoms with Crippen LogP contribution in [0.15, 0.2) is 0 Å². The number of hydrogen-bond acceptors (Lipinski definition) is 3.